The normalized spacial score (nSPS) is 15.5. The maximum atomic E-state index is 12.4. The molecule has 0 spiro atoms. The molecular weight excluding hydrogens is 262 g/mol. The number of hydrogen-bond acceptors (Lipinski definition) is 2. The van der Waals surface area contributed by atoms with Crippen LogP contribution in [0.2, 0.25) is 0 Å². The van der Waals surface area contributed by atoms with Gasteiger partial charge in [-0.15, -0.1) is 0 Å². The molecule has 0 aliphatic heterocycles. The van der Waals surface area contributed by atoms with Crippen LogP contribution in [0.1, 0.15) is 33.1 Å². The van der Waals surface area contributed by atoms with Crippen LogP contribution >= 0.6 is 0 Å². The van der Waals surface area contributed by atoms with Gasteiger partial charge in [0.05, 0.1) is 0 Å². The highest BCUT2D eigenvalue weighted by Crippen LogP contribution is 2.42. The first kappa shape index (κ1) is 17.5. The summed E-state index contributed by atoms with van der Waals surface area (Å²) in [6, 6.07) is -1.84. The molecule has 3 N–H and O–H groups in total. The second-order valence-electron chi connectivity index (χ2n) is 4.66. The second-order valence-corrected chi connectivity index (χ2v) is 4.66. The van der Waals surface area contributed by atoms with E-state index in [-0.39, 0.29) is 18.8 Å². The van der Waals surface area contributed by atoms with Crippen LogP contribution in [0, 0.1) is 11.8 Å². The van der Waals surface area contributed by atoms with Crippen molar-refractivity contribution in [2.45, 2.75) is 51.5 Å². The monoisotopic (exact) mass is 280 g/mol. The van der Waals surface area contributed by atoms with Crippen molar-refractivity contribution in [3.05, 3.63) is 0 Å². The lowest BCUT2D eigenvalue weighted by atomic mass is 9.92. The Labute approximate surface area is 102 Å². The van der Waals surface area contributed by atoms with Crippen LogP contribution in [0.5, 0.6) is 0 Å². The molecule has 8 heteroatoms. The fourth-order valence-corrected chi connectivity index (χ4v) is 1.73. The maximum absolute atomic E-state index is 12.4. The van der Waals surface area contributed by atoms with Crippen molar-refractivity contribution in [2.24, 2.45) is 17.7 Å². The lowest BCUT2D eigenvalue weighted by molar-refractivity contribution is -0.292. The van der Waals surface area contributed by atoms with Gasteiger partial charge in [0.25, 0.3) is 0 Å². The Kier molecular flexibility index (Phi) is 6.42. The topological polar surface area (TPSA) is 38.0 Å². The molecule has 0 radical (unpaired) electrons. The minimum Gasteiger partial charge on any atom is -0.271 e. The van der Waals surface area contributed by atoms with E-state index in [0.717, 1.165) is 0 Å². The predicted octanol–water partition coefficient (Wildman–Crippen LogP) is 3.39. The number of alkyl halides is 6. The highest BCUT2D eigenvalue weighted by molar-refractivity contribution is 4.86. The third-order valence-electron chi connectivity index (χ3n) is 2.62. The SMILES string of the molecule is CC(C)CCCC(NN)C(C(F)(F)F)C(F)(F)F. The average Bonchev–Trinajstić information content (AvgIpc) is 2.10. The highest BCUT2D eigenvalue weighted by atomic mass is 19.4. The van der Waals surface area contributed by atoms with Gasteiger partial charge in [0, 0.05) is 6.04 Å². The fourth-order valence-electron chi connectivity index (χ4n) is 1.73. The van der Waals surface area contributed by atoms with Gasteiger partial charge in [-0.3, -0.25) is 11.3 Å². The molecule has 110 valence electrons. The summed E-state index contributed by atoms with van der Waals surface area (Å²) in [6.45, 7) is 3.69. The summed E-state index contributed by atoms with van der Waals surface area (Å²) in [4.78, 5) is 0. The molecule has 0 saturated heterocycles. The van der Waals surface area contributed by atoms with Crippen molar-refractivity contribution in [1.82, 2.24) is 5.43 Å². The largest absolute Gasteiger partial charge is 0.402 e. The number of hydrogen-bond donors (Lipinski definition) is 2. The van der Waals surface area contributed by atoms with Crippen molar-refractivity contribution in [3.8, 4) is 0 Å². The van der Waals surface area contributed by atoms with E-state index in [9.17, 15) is 26.3 Å². The van der Waals surface area contributed by atoms with Crippen molar-refractivity contribution in [3.63, 3.8) is 0 Å². The zero-order chi connectivity index (χ0) is 14.6. The molecule has 0 saturated carbocycles. The molecule has 0 bridgehead atoms. The maximum Gasteiger partial charge on any atom is 0.402 e. The summed E-state index contributed by atoms with van der Waals surface area (Å²) in [6.07, 6.45) is -10.2. The van der Waals surface area contributed by atoms with Gasteiger partial charge in [0.1, 0.15) is 0 Å². The van der Waals surface area contributed by atoms with Gasteiger partial charge >= 0.3 is 12.4 Å². The molecule has 1 unspecified atom stereocenters. The Balaban J connectivity index is 4.74. The van der Waals surface area contributed by atoms with Crippen molar-refractivity contribution >= 4 is 0 Å². The highest BCUT2D eigenvalue weighted by Gasteiger charge is 2.59. The number of nitrogens with two attached hydrogens (primary N) is 1. The van der Waals surface area contributed by atoms with Crippen LogP contribution in [-0.4, -0.2) is 18.4 Å². The summed E-state index contributed by atoms with van der Waals surface area (Å²) in [7, 11) is 0. The Bertz CT molecular complexity index is 222. The minimum absolute atomic E-state index is 0.221. The van der Waals surface area contributed by atoms with Crippen molar-refractivity contribution in [2.75, 3.05) is 0 Å². The van der Waals surface area contributed by atoms with Crippen LogP contribution in [0.15, 0.2) is 0 Å². The van der Waals surface area contributed by atoms with E-state index in [1.54, 1.807) is 5.43 Å². The third-order valence-corrected chi connectivity index (χ3v) is 2.62. The molecule has 0 aliphatic carbocycles. The zero-order valence-corrected chi connectivity index (χ0v) is 10.2. The Morgan fingerprint density at radius 3 is 1.67 bits per heavy atom. The molecule has 0 aromatic heterocycles. The smallest absolute Gasteiger partial charge is 0.271 e. The summed E-state index contributed by atoms with van der Waals surface area (Å²) in [5.74, 6) is 1.63. The summed E-state index contributed by atoms with van der Waals surface area (Å²) < 4.78 is 74.5. The molecule has 0 heterocycles. The van der Waals surface area contributed by atoms with E-state index in [2.05, 4.69) is 0 Å². The molecule has 0 aromatic rings. The van der Waals surface area contributed by atoms with E-state index in [0.29, 0.717) is 6.42 Å². The fraction of sp³-hybridized carbons (Fsp3) is 1.00. The van der Waals surface area contributed by atoms with Gasteiger partial charge in [-0.1, -0.05) is 26.7 Å². The van der Waals surface area contributed by atoms with Crippen LogP contribution in [-0.2, 0) is 0 Å². The molecule has 18 heavy (non-hydrogen) atoms. The van der Waals surface area contributed by atoms with E-state index >= 15 is 0 Å². The number of halogens is 6. The lowest BCUT2D eigenvalue weighted by Crippen LogP contribution is -2.53. The van der Waals surface area contributed by atoms with E-state index in [1.165, 1.54) is 0 Å². The van der Waals surface area contributed by atoms with Crippen LogP contribution in [0.25, 0.3) is 0 Å². The van der Waals surface area contributed by atoms with Crippen LogP contribution in [0.3, 0.4) is 0 Å². The minimum atomic E-state index is -5.35. The standard InChI is InChI=1S/C10H18F6N2/c1-6(2)4-3-5-7(18-17)8(9(11,12)13)10(14,15)16/h6-8,18H,3-5,17H2,1-2H3. The zero-order valence-electron chi connectivity index (χ0n) is 10.2. The third kappa shape index (κ3) is 5.90. The van der Waals surface area contributed by atoms with Gasteiger partial charge < -0.3 is 0 Å². The average molecular weight is 280 g/mol. The second kappa shape index (κ2) is 6.60. The summed E-state index contributed by atoms with van der Waals surface area (Å²) in [5.41, 5.74) is 1.65. The van der Waals surface area contributed by atoms with Crippen molar-refractivity contribution < 1.29 is 26.3 Å². The van der Waals surface area contributed by atoms with E-state index < -0.39 is 24.3 Å². The van der Waals surface area contributed by atoms with Crippen LogP contribution < -0.4 is 11.3 Å². The number of nitrogens with one attached hydrogen (secondary N) is 1. The molecule has 0 amide bonds. The first-order valence-electron chi connectivity index (χ1n) is 5.59. The Hall–Kier alpha value is -0.500. The van der Waals surface area contributed by atoms with E-state index in [4.69, 9.17) is 5.84 Å². The Morgan fingerprint density at radius 1 is 0.944 bits per heavy atom. The molecule has 0 aliphatic rings. The van der Waals surface area contributed by atoms with E-state index in [1.807, 2.05) is 13.8 Å². The molecule has 0 aromatic carbocycles. The van der Waals surface area contributed by atoms with Gasteiger partial charge in [-0.05, 0) is 12.3 Å². The van der Waals surface area contributed by atoms with Crippen molar-refractivity contribution in [1.29, 1.82) is 0 Å². The first-order valence-corrected chi connectivity index (χ1v) is 5.59. The predicted molar refractivity (Wildman–Crippen MR) is 55.4 cm³/mol. The summed E-state index contributed by atoms with van der Waals surface area (Å²) >= 11 is 0. The molecule has 0 fully saturated rings. The summed E-state index contributed by atoms with van der Waals surface area (Å²) in [5, 5.41) is 0. The number of rotatable bonds is 6. The van der Waals surface area contributed by atoms with Gasteiger partial charge in [0.2, 0.25) is 0 Å². The van der Waals surface area contributed by atoms with Gasteiger partial charge in [-0.25, -0.2) is 0 Å². The molecule has 2 nitrogen and oxygen atoms in total. The Morgan fingerprint density at radius 2 is 1.39 bits per heavy atom. The van der Waals surface area contributed by atoms with Gasteiger partial charge in [0.15, 0.2) is 5.92 Å². The number of hydrazine groups is 1. The quantitative estimate of drug-likeness (QED) is 0.444. The molecule has 1 atom stereocenters. The van der Waals surface area contributed by atoms with Crippen LogP contribution in [0.4, 0.5) is 26.3 Å². The van der Waals surface area contributed by atoms with Gasteiger partial charge in [-0.2, -0.15) is 26.3 Å². The lowest BCUT2D eigenvalue weighted by Gasteiger charge is -2.30. The molecule has 0 rings (SSSR count). The first-order chi connectivity index (χ1) is 8.00. The molecular formula is C10H18F6N2.